The molecule has 3 rings (SSSR count). The second-order valence-corrected chi connectivity index (χ2v) is 6.00. The molecule has 3 aromatic rings. The second kappa shape index (κ2) is 7.36. The highest BCUT2D eigenvalue weighted by atomic mass is 35.5. The molecule has 7 heteroatoms. The van der Waals surface area contributed by atoms with Crippen molar-refractivity contribution in [3.05, 3.63) is 70.4 Å². The average Bonchev–Trinajstić information content (AvgIpc) is 3.10. The van der Waals surface area contributed by atoms with Crippen LogP contribution < -0.4 is 10.6 Å². The van der Waals surface area contributed by atoms with E-state index in [0.29, 0.717) is 23.2 Å². The van der Waals surface area contributed by atoms with Crippen LogP contribution in [0.5, 0.6) is 0 Å². The van der Waals surface area contributed by atoms with E-state index in [1.807, 2.05) is 26.0 Å². The zero-order valence-electron chi connectivity index (χ0n) is 13.8. The van der Waals surface area contributed by atoms with E-state index < -0.39 is 0 Å². The molecule has 0 saturated heterocycles. The third-order valence-corrected chi connectivity index (χ3v) is 3.86. The van der Waals surface area contributed by atoms with Crippen molar-refractivity contribution >= 4 is 29.1 Å². The van der Waals surface area contributed by atoms with Gasteiger partial charge >= 0.3 is 0 Å². The number of hydrogen-bond donors (Lipinski definition) is 2. The number of benzene rings is 1. The summed E-state index contributed by atoms with van der Waals surface area (Å²) >= 11 is 6.23. The van der Waals surface area contributed by atoms with E-state index >= 15 is 0 Å². The number of nitrogens with zero attached hydrogens (tertiary/aromatic N) is 2. The number of nitrogens with one attached hydrogen (secondary N) is 2. The van der Waals surface area contributed by atoms with Crippen LogP contribution in [0.1, 0.15) is 27.4 Å². The first-order valence-corrected chi connectivity index (χ1v) is 8.08. The largest absolute Gasteiger partial charge is 0.467 e. The molecule has 1 aromatic carbocycles. The predicted molar refractivity (Wildman–Crippen MR) is 96.9 cm³/mol. The molecule has 0 bridgehead atoms. The molecule has 1 amide bonds. The van der Waals surface area contributed by atoms with Crippen molar-refractivity contribution in [2.24, 2.45) is 0 Å². The van der Waals surface area contributed by atoms with Gasteiger partial charge in [0.05, 0.1) is 23.5 Å². The summed E-state index contributed by atoms with van der Waals surface area (Å²) in [6.07, 6.45) is 3.12. The SMILES string of the molecule is Cc1cc(C)c(NC(=O)c2ccnc(NCc3ccco3)n2)c(Cl)c1. The Bertz CT molecular complexity index is 871. The molecule has 0 aliphatic heterocycles. The number of halogens is 1. The highest BCUT2D eigenvalue weighted by Gasteiger charge is 2.13. The molecular weight excluding hydrogens is 340 g/mol. The van der Waals surface area contributed by atoms with Crippen LogP contribution in [0, 0.1) is 13.8 Å². The minimum Gasteiger partial charge on any atom is -0.467 e. The van der Waals surface area contributed by atoms with E-state index in [2.05, 4.69) is 20.6 Å². The fourth-order valence-corrected chi connectivity index (χ4v) is 2.77. The maximum atomic E-state index is 12.5. The van der Waals surface area contributed by atoms with E-state index in [9.17, 15) is 4.79 Å². The Morgan fingerprint density at radius 1 is 1.28 bits per heavy atom. The fourth-order valence-electron chi connectivity index (χ4n) is 2.40. The Morgan fingerprint density at radius 3 is 2.84 bits per heavy atom. The summed E-state index contributed by atoms with van der Waals surface area (Å²) in [5.41, 5.74) is 2.75. The summed E-state index contributed by atoms with van der Waals surface area (Å²) in [5.74, 6) is 0.744. The molecule has 0 atom stereocenters. The highest BCUT2D eigenvalue weighted by molar-refractivity contribution is 6.34. The van der Waals surface area contributed by atoms with Crippen LogP contribution in [0.4, 0.5) is 11.6 Å². The van der Waals surface area contributed by atoms with Crippen LogP contribution in [-0.4, -0.2) is 15.9 Å². The zero-order chi connectivity index (χ0) is 17.8. The first-order valence-electron chi connectivity index (χ1n) is 7.70. The standard InChI is InChI=1S/C18H17ClN4O2/c1-11-8-12(2)16(14(19)9-11)23-17(24)15-5-6-20-18(22-15)21-10-13-4-3-7-25-13/h3-9H,10H2,1-2H3,(H,23,24)(H,20,21,22). The van der Waals surface area contributed by atoms with Gasteiger partial charge in [0.2, 0.25) is 5.95 Å². The Morgan fingerprint density at radius 2 is 2.12 bits per heavy atom. The molecule has 0 fully saturated rings. The number of aryl methyl sites for hydroxylation is 2. The number of carbonyl (C=O) groups is 1. The van der Waals surface area contributed by atoms with E-state index in [0.717, 1.165) is 16.9 Å². The van der Waals surface area contributed by atoms with E-state index in [4.69, 9.17) is 16.0 Å². The van der Waals surface area contributed by atoms with E-state index in [-0.39, 0.29) is 11.6 Å². The van der Waals surface area contributed by atoms with Crippen molar-refractivity contribution in [3.63, 3.8) is 0 Å². The van der Waals surface area contributed by atoms with Gasteiger partial charge in [0.1, 0.15) is 11.5 Å². The van der Waals surface area contributed by atoms with Gasteiger partial charge in [-0.1, -0.05) is 17.7 Å². The molecule has 2 N–H and O–H groups in total. The van der Waals surface area contributed by atoms with Crippen molar-refractivity contribution in [1.29, 1.82) is 0 Å². The summed E-state index contributed by atoms with van der Waals surface area (Å²) in [4.78, 5) is 20.8. The third-order valence-electron chi connectivity index (χ3n) is 3.56. The van der Waals surface area contributed by atoms with Gasteiger partial charge in [0, 0.05) is 6.20 Å². The van der Waals surface area contributed by atoms with E-state index in [1.54, 1.807) is 24.5 Å². The summed E-state index contributed by atoms with van der Waals surface area (Å²) in [5, 5.41) is 6.32. The van der Waals surface area contributed by atoms with Crippen LogP contribution in [0.2, 0.25) is 5.02 Å². The smallest absolute Gasteiger partial charge is 0.274 e. The molecule has 2 heterocycles. The minimum atomic E-state index is -0.350. The lowest BCUT2D eigenvalue weighted by Gasteiger charge is -2.11. The van der Waals surface area contributed by atoms with Gasteiger partial charge in [-0.15, -0.1) is 0 Å². The van der Waals surface area contributed by atoms with Crippen LogP contribution in [0.15, 0.2) is 47.2 Å². The lowest BCUT2D eigenvalue weighted by molar-refractivity contribution is 0.102. The number of carbonyl (C=O) groups excluding carboxylic acids is 1. The Labute approximate surface area is 150 Å². The van der Waals surface area contributed by atoms with Crippen LogP contribution in [-0.2, 0) is 6.54 Å². The van der Waals surface area contributed by atoms with Crippen molar-refractivity contribution in [2.75, 3.05) is 10.6 Å². The lowest BCUT2D eigenvalue weighted by Crippen LogP contribution is -2.16. The number of furan rings is 1. The second-order valence-electron chi connectivity index (χ2n) is 5.59. The Kier molecular flexibility index (Phi) is 5.00. The molecule has 6 nitrogen and oxygen atoms in total. The first-order chi connectivity index (χ1) is 12.0. The minimum absolute atomic E-state index is 0.244. The predicted octanol–water partition coefficient (Wildman–Crippen LogP) is 4.20. The molecule has 25 heavy (non-hydrogen) atoms. The molecule has 2 aromatic heterocycles. The number of hydrogen-bond acceptors (Lipinski definition) is 5. The molecular formula is C18H17ClN4O2. The van der Waals surface area contributed by atoms with Crippen molar-refractivity contribution < 1.29 is 9.21 Å². The molecule has 0 saturated carbocycles. The zero-order valence-corrected chi connectivity index (χ0v) is 14.6. The Hall–Kier alpha value is -2.86. The van der Waals surface area contributed by atoms with Gasteiger partial charge in [0.15, 0.2) is 0 Å². The molecule has 0 aliphatic rings. The van der Waals surface area contributed by atoms with Gasteiger partial charge in [-0.3, -0.25) is 4.79 Å². The summed E-state index contributed by atoms with van der Waals surface area (Å²) < 4.78 is 5.24. The van der Waals surface area contributed by atoms with E-state index in [1.165, 1.54) is 6.20 Å². The molecule has 0 unspecified atom stereocenters. The number of anilines is 2. The molecule has 0 radical (unpaired) electrons. The maximum Gasteiger partial charge on any atom is 0.274 e. The average molecular weight is 357 g/mol. The van der Waals surface area contributed by atoms with Gasteiger partial charge < -0.3 is 15.1 Å². The molecule has 0 spiro atoms. The quantitative estimate of drug-likeness (QED) is 0.716. The third kappa shape index (κ3) is 4.16. The topological polar surface area (TPSA) is 80.0 Å². The molecule has 128 valence electrons. The van der Waals surface area contributed by atoms with Gasteiger partial charge in [-0.2, -0.15) is 0 Å². The van der Waals surface area contributed by atoms with Crippen molar-refractivity contribution in [1.82, 2.24) is 9.97 Å². The first kappa shape index (κ1) is 17.0. The normalized spacial score (nSPS) is 10.5. The summed E-state index contributed by atoms with van der Waals surface area (Å²) in [6, 6.07) is 8.95. The highest BCUT2D eigenvalue weighted by Crippen LogP contribution is 2.27. The number of rotatable bonds is 5. The fraction of sp³-hybridized carbons (Fsp3) is 0.167. The van der Waals surface area contributed by atoms with Gasteiger partial charge in [-0.05, 0) is 49.2 Å². The van der Waals surface area contributed by atoms with Crippen molar-refractivity contribution in [2.45, 2.75) is 20.4 Å². The monoisotopic (exact) mass is 356 g/mol. The van der Waals surface area contributed by atoms with Gasteiger partial charge in [0.25, 0.3) is 5.91 Å². The van der Waals surface area contributed by atoms with Crippen LogP contribution >= 0.6 is 11.6 Å². The number of aromatic nitrogens is 2. The summed E-state index contributed by atoms with van der Waals surface area (Å²) in [7, 11) is 0. The van der Waals surface area contributed by atoms with Crippen LogP contribution in [0.3, 0.4) is 0 Å². The Balaban J connectivity index is 1.73. The maximum absolute atomic E-state index is 12.5. The number of amides is 1. The summed E-state index contributed by atoms with van der Waals surface area (Å²) in [6.45, 7) is 4.28. The van der Waals surface area contributed by atoms with Gasteiger partial charge in [-0.25, -0.2) is 9.97 Å². The molecule has 0 aliphatic carbocycles. The lowest BCUT2D eigenvalue weighted by atomic mass is 10.1. The van der Waals surface area contributed by atoms with Crippen molar-refractivity contribution in [3.8, 4) is 0 Å². The van der Waals surface area contributed by atoms with Crippen LogP contribution in [0.25, 0.3) is 0 Å².